The Balaban J connectivity index is 1.44. The molecule has 30 heavy (non-hydrogen) atoms. The number of halogens is 1. The summed E-state index contributed by atoms with van der Waals surface area (Å²) in [5.41, 5.74) is 2.01. The predicted molar refractivity (Wildman–Crippen MR) is 112 cm³/mol. The molecule has 1 aromatic heterocycles. The standard InChI is InChI=1S/C22H24FN3O3S/c23-17-5-9-20(24-14-17)25-21(27)22(10-2-11-22)16-4-8-19-15(13-16)3-1-12-26(19)30(28,29)18-6-7-18/h4-5,8-9,13-14,18H,1-3,6-7,10-12H2,(H,24,25,27). The number of pyridine rings is 1. The minimum absolute atomic E-state index is 0.147. The zero-order valence-electron chi connectivity index (χ0n) is 16.6. The SMILES string of the molecule is O=C(Nc1ccc(F)cn1)C1(c2ccc3c(c2)CCCN3S(=O)(=O)C2CC2)CCC1. The number of sulfonamides is 1. The second-order valence-electron chi connectivity index (χ2n) is 8.51. The molecule has 0 radical (unpaired) electrons. The molecule has 2 fully saturated rings. The van der Waals surface area contributed by atoms with Gasteiger partial charge in [-0.15, -0.1) is 0 Å². The molecule has 6 nitrogen and oxygen atoms in total. The number of carbonyl (C=O) groups is 1. The van der Waals surface area contributed by atoms with E-state index in [-0.39, 0.29) is 11.2 Å². The second kappa shape index (κ2) is 7.04. The Labute approximate surface area is 175 Å². The van der Waals surface area contributed by atoms with Crippen LogP contribution in [0.25, 0.3) is 0 Å². The number of aryl methyl sites for hydroxylation is 1. The molecule has 0 spiro atoms. The van der Waals surface area contributed by atoms with Crippen LogP contribution in [-0.4, -0.2) is 31.1 Å². The summed E-state index contributed by atoms with van der Waals surface area (Å²) in [6.45, 7) is 0.521. The Hall–Kier alpha value is -2.48. The largest absolute Gasteiger partial charge is 0.310 e. The summed E-state index contributed by atoms with van der Waals surface area (Å²) in [6.07, 6.45) is 6.55. The Morgan fingerprint density at radius 1 is 1.17 bits per heavy atom. The quantitative estimate of drug-likeness (QED) is 0.789. The van der Waals surface area contributed by atoms with Gasteiger partial charge < -0.3 is 5.32 Å². The van der Waals surface area contributed by atoms with Crippen molar-refractivity contribution in [1.82, 2.24) is 4.98 Å². The van der Waals surface area contributed by atoms with Crippen molar-refractivity contribution in [2.24, 2.45) is 0 Å². The Kier molecular flexibility index (Phi) is 4.57. The molecule has 2 aliphatic carbocycles. The zero-order chi connectivity index (χ0) is 20.9. The van der Waals surface area contributed by atoms with Gasteiger partial charge in [0.15, 0.2) is 0 Å². The molecule has 5 rings (SSSR count). The van der Waals surface area contributed by atoms with Gasteiger partial charge in [0, 0.05) is 6.54 Å². The summed E-state index contributed by atoms with van der Waals surface area (Å²) in [7, 11) is -3.29. The van der Waals surface area contributed by atoms with E-state index < -0.39 is 21.3 Å². The molecule has 1 N–H and O–H groups in total. The third kappa shape index (κ3) is 3.17. The number of carbonyl (C=O) groups excluding carboxylic acids is 1. The highest BCUT2D eigenvalue weighted by Gasteiger charge is 2.47. The number of aromatic nitrogens is 1. The first-order chi connectivity index (χ1) is 14.4. The highest BCUT2D eigenvalue weighted by Crippen LogP contribution is 2.46. The number of hydrogen-bond acceptors (Lipinski definition) is 4. The number of rotatable bonds is 5. The van der Waals surface area contributed by atoms with Crippen molar-refractivity contribution in [3.63, 3.8) is 0 Å². The summed E-state index contributed by atoms with van der Waals surface area (Å²) < 4.78 is 40.3. The van der Waals surface area contributed by atoms with Gasteiger partial charge in [0.2, 0.25) is 15.9 Å². The van der Waals surface area contributed by atoms with Crippen molar-refractivity contribution in [2.45, 2.75) is 55.6 Å². The molecule has 0 unspecified atom stereocenters. The molecular weight excluding hydrogens is 405 g/mol. The van der Waals surface area contributed by atoms with E-state index in [1.165, 1.54) is 12.1 Å². The fourth-order valence-corrected chi connectivity index (χ4v) is 6.46. The third-order valence-electron chi connectivity index (χ3n) is 6.57. The number of anilines is 2. The smallest absolute Gasteiger partial charge is 0.238 e. The van der Waals surface area contributed by atoms with Gasteiger partial charge in [-0.25, -0.2) is 17.8 Å². The molecule has 158 valence electrons. The molecule has 8 heteroatoms. The van der Waals surface area contributed by atoms with Gasteiger partial charge in [-0.2, -0.15) is 0 Å². The fourth-order valence-electron chi connectivity index (χ4n) is 4.53. The minimum atomic E-state index is -3.29. The second-order valence-corrected chi connectivity index (χ2v) is 10.7. The average Bonchev–Trinajstić information content (AvgIpc) is 3.54. The van der Waals surface area contributed by atoms with Gasteiger partial charge in [-0.3, -0.25) is 9.10 Å². The van der Waals surface area contributed by atoms with Gasteiger partial charge in [-0.1, -0.05) is 18.6 Å². The van der Waals surface area contributed by atoms with Gasteiger partial charge >= 0.3 is 0 Å². The van der Waals surface area contributed by atoms with Crippen LogP contribution in [0.2, 0.25) is 0 Å². The van der Waals surface area contributed by atoms with Crippen LogP contribution in [0, 0.1) is 5.82 Å². The van der Waals surface area contributed by atoms with Crippen LogP contribution in [0.1, 0.15) is 49.7 Å². The molecule has 2 saturated carbocycles. The monoisotopic (exact) mass is 429 g/mol. The van der Waals surface area contributed by atoms with E-state index in [0.717, 1.165) is 68.0 Å². The highest BCUT2D eigenvalue weighted by molar-refractivity contribution is 7.93. The molecule has 3 aliphatic rings. The summed E-state index contributed by atoms with van der Waals surface area (Å²) >= 11 is 0. The van der Waals surface area contributed by atoms with Crippen molar-refractivity contribution in [2.75, 3.05) is 16.2 Å². The van der Waals surface area contributed by atoms with Crippen LogP contribution in [0.3, 0.4) is 0 Å². The van der Waals surface area contributed by atoms with Gasteiger partial charge in [0.05, 0.1) is 22.5 Å². The number of benzene rings is 1. The van der Waals surface area contributed by atoms with E-state index in [1.54, 1.807) is 4.31 Å². The van der Waals surface area contributed by atoms with Crippen molar-refractivity contribution < 1.29 is 17.6 Å². The molecule has 2 aromatic rings. The van der Waals surface area contributed by atoms with E-state index >= 15 is 0 Å². The number of nitrogens with one attached hydrogen (secondary N) is 1. The van der Waals surface area contributed by atoms with Gasteiger partial charge in [0.1, 0.15) is 11.6 Å². The molecule has 0 saturated heterocycles. The average molecular weight is 430 g/mol. The predicted octanol–water partition coefficient (Wildman–Crippen LogP) is 3.53. The van der Waals surface area contributed by atoms with Crippen LogP contribution >= 0.6 is 0 Å². The first kappa shape index (κ1) is 19.5. The number of hydrogen-bond donors (Lipinski definition) is 1. The van der Waals surface area contributed by atoms with Crippen LogP contribution in [-0.2, 0) is 26.7 Å². The van der Waals surface area contributed by atoms with Crippen molar-refractivity contribution in [1.29, 1.82) is 0 Å². The third-order valence-corrected chi connectivity index (χ3v) is 8.88. The summed E-state index contributed by atoms with van der Waals surface area (Å²) in [5.74, 6) is -0.273. The van der Waals surface area contributed by atoms with Gasteiger partial charge in [-0.05, 0) is 67.9 Å². The molecule has 0 bridgehead atoms. The van der Waals surface area contributed by atoms with Crippen molar-refractivity contribution in [3.05, 3.63) is 53.5 Å². The normalized spacial score (nSPS) is 20.2. The van der Waals surface area contributed by atoms with Crippen molar-refractivity contribution >= 4 is 27.4 Å². The summed E-state index contributed by atoms with van der Waals surface area (Å²) in [5, 5.41) is 2.58. The van der Waals surface area contributed by atoms with E-state index in [9.17, 15) is 17.6 Å². The maximum Gasteiger partial charge on any atom is 0.238 e. The number of fused-ring (bicyclic) bond motifs is 1. The molecule has 1 aliphatic heterocycles. The Morgan fingerprint density at radius 3 is 2.60 bits per heavy atom. The van der Waals surface area contributed by atoms with Gasteiger partial charge in [0.25, 0.3) is 0 Å². The van der Waals surface area contributed by atoms with Crippen LogP contribution in [0.15, 0.2) is 36.5 Å². The van der Waals surface area contributed by atoms with Crippen LogP contribution < -0.4 is 9.62 Å². The van der Waals surface area contributed by atoms with Crippen LogP contribution in [0.5, 0.6) is 0 Å². The van der Waals surface area contributed by atoms with Crippen molar-refractivity contribution in [3.8, 4) is 0 Å². The van der Waals surface area contributed by atoms with E-state index in [0.29, 0.717) is 12.4 Å². The lowest BCUT2D eigenvalue weighted by Crippen LogP contribution is -2.46. The maximum atomic E-state index is 13.1. The van der Waals surface area contributed by atoms with Crippen LogP contribution in [0.4, 0.5) is 15.9 Å². The molecule has 2 heterocycles. The summed E-state index contributed by atoms with van der Waals surface area (Å²) in [4.78, 5) is 17.1. The lowest BCUT2D eigenvalue weighted by molar-refractivity contribution is -0.124. The maximum absolute atomic E-state index is 13.1. The van der Waals surface area contributed by atoms with E-state index in [2.05, 4.69) is 10.3 Å². The Bertz CT molecular complexity index is 1090. The molecule has 0 atom stereocenters. The van der Waals surface area contributed by atoms with E-state index in [1.807, 2.05) is 18.2 Å². The minimum Gasteiger partial charge on any atom is -0.310 e. The lowest BCUT2D eigenvalue weighted by atomic mass is 9.63. The zero-order valence-corrected chi connectivity index (χ0v) is 17.4. The van der Waals surface area contributed by atoms with E-state index in [4.69, 9.17) is 0 Å². The molecular formula is C22H24FN3O3S. The molecule has 1 aromatic carbocycles. The lowest BCUT2D eigenvalue weighted by Gasteiger charge is -2.41. The highest BCUT2D eigenvalue weighted by atomic mass is 32.2. The number of nitrogens with zero attached hydrogens (tertiary/aromatic N) is 2. The Morgan fingerprint density at radius 2 is 1.97 bits per heavy atom. The molecule has 1 amide bonds. The number of amides is 1. The fraction of sp³-hybridized carbons (Fsp3) is 0.455. The summed E-state index contributed by atoms with van der Waals surface area (Å²) in [6, 6.07) is 8.50. The topological polar surface area (TPSA) is 79.4 Å². The first-order valence-electron chi connectivity index (χ1n) is 10.5. The first-order valence-corrected chi connectivity index (χ1v) is 12.0.